The lowest BCUT2D eigenvalue weighted by Crippen LogP contribution is -2.01. The lowest BCUT2D eigenvalue weighted by atomic mass is 10.1. The molecule has 132 valence electrons. The summed E-state index contributed by atoms with van der Waals surface area (Å²) in [5.41, 5.74) is 7.55. The van der Waals surface area contributed by atoms with E-state index in [9.17, 15) is 5.26 Å². The van der Waals surface area contributed by atoms with Crippen LogP contribution >= 0.6 is 0 Å². The first-order valence-corrected chi connectivity index (χ1v) is 8.16. The summed E-state index contributed by atoms with van der Waals surface area (Å²) >= 11 is 0. The summed E-state index contributed by atoms with van der Waals surface area (Å²) in [5, 5.41) is 13.5. The van der Waals surface area contributed by atoms with Crippen LogP contribution in [0.4, 0.5) is 0 Å². The summed E-state index contributed by atoms with van der Waals surface area (Å²) in [7, 11) is 1.76. The Morgan fingerprint density at radius 3 is 2.58 bits per heavy atom. The Bertz CT molecular complexity index is 955. The van der Waals surface area contributed by atoms with Crippen molar-refractivity contribution in [1.29, 1.82) is 5.26 Å². The highest BCUT2D eigenvalue weighted by atomic mass is 16.5. The van der Waals surface area contributed by atoms with Crippen LogP contribution in [0.3, 0.4) is 0 Å². The van der Waals surface area contributed by atoms with Gasteiger partial charge in [-0.15, -0.1) is 0 Å². The van der Waals surface area contributed by atoms with Gasteiger partial charge >= 0.3 is 6.01 Å². The van der Waals surface area contributed by atoms with Crippen LogP contribution in [-0.4, -0.2) is 24.7 Å². The Hall–Kier alpha value is -3.31. The van der Waals surface area contributed by atoms with Gasteiger partial charge in [0, 0.05) is 37.5 Å². The van der Waals surface area contributed by atoms with Gasteiger partial charge in [0.15, 0.2) is 11.6 Å². The fourth-order valence-electron chi connectivity index (χ4n) is 2.28. The van der Waals surface area contributed by atoms with Crippen molar-refractivity contribution in [3.05, 3.63) is 47.5 Å². The van der Waals surface area contributed by atoms with E-state index in [-0.39, 0.29) is 5.92 Å². The maximum atomic E-state index is 9.21. The van der Waals surface area contributed by atoms with E-state index in [1.807, 2.05) is 13.8 Å². The summed E-state index contributed by atoms with van der Waals surface area (Å²) in [6.45, 7) is 4.38. The molecule has 0 unspecified atom stereocenters. The lowest BCUT2D eigenvalue weighted by molar-refractivity contribution is 0.416. The molecule has 0 spiro atoms. The average Bonchev–Trinajstić information content (AvgIpc) is 3.02. The number of nitrogens with zero attached hydrogens (tertiary/aromatic N) is 6. The van der Waals surface area contributed by atoms with Gasteiger partial charge in [0.05, 0.1) is 17.2 Å². The van der Waals surface area contributed by atoms with E-state index < -0.39 is 0 Å². The Kier molecular flexibility index (Phi) is 4.91. The molecule has 2 aromatic heterocycles. The largest absolute Gasteiger partial charge is 0.424 e. The molecule has 0 aliphatic carbocycles. The summed E-state index contributed by atoms with van der Waals surface area (Å²) in [5.74, 6) is 1.78. The Morgan fingerprint density at radius 2 is 2.00 bits per heavy atom. The van der Waals surface area contributed by atoms with Gasteiger partial charge in [-0.25, -0.2) is 14.6 Å². The van der Waals surface area contributed by atoms with E-state index in [0.717, 1.165) is 5.56 Å². The van der Waals surface area contributed by atoms with Gasteiger partial charge < -0.3 is 10.5 Å². The molecule has 0 bridgehead atoms. The quantitative estimate of drug-likeness (QED) is 0.752. The molecule has 0 saturated heterocycles. The molecule has 3 rings (SSSR count). The Morgan fingerprint density at radius 1 is 1.27 bits per heavy atom. The minimum Gasteiger partial charge on any atom is -0.424 e. The third-order valence-electron chi connectivity index (χ3n) is 3.75. The van der Waals surface area contributed by atoms with Gasteiger partial charge in [-0.3, -0.25) is 0 Å². The van der Waals surface area contributed by atoms with E-state index >= 15 is 0 Å². The smallest absolute Gasteiger partial charge is 0.320 e. The highest BCUT2D eigenvalue weighted by Gasteiger charge is 2.16. The number of nitrogens with two attached hydrogens (primary N) is 1. The van der Waals surface area contributed by atoms with Gasteiger partial charge in [-0.2, -0.15) is 15.3 Å². The third kappa shape index (κ3) is 3.53. The van der Waals surface area contributed by atoms with Gasteiger partial charge in [0.25, 0.3) is 0 Å². The van der Waals surface area contributed by atoms with E-state index in [4.69, 9.17) is 10.5 Å². The fraction of sp³-hybridized carbons (Fsp3) is 0.278. The highest BCUT2D eigenvalue weighted by molar-refractivity contribution is 5.66. The predicted octanol–water partition coefficient (Wildman–Crippen LogP) is 2.52. The maximum absolute atomic E-state index is 9.21. The molecule has 1 aromatic carbocycles. The van der Waals surface area contributed by atoms with Crippen LogP contribution in [0.25, 0.3) is 11.4 Å². The number of nitriles is 1. The number of rotatable bonds is 5. The zero-order valence-corrected chi connectivity index (χ0v) is 14.8. The SMILES string of the molecule is CC(C)c1nc(Oc2cc(C#N)ccc2-c2ncc(CN)cn2)n(C)n1. The number of aryl methyl sites for hydroxylation is 1. The van der Waals surface area contributed by atoms with Crippen LogP contribution in [0.1, 0.15) is 36.7 Å². The van der Waals surface area contributed by atoms with Gasteiger partial charge in [0.2, 0.25) is 0 Å². The number of aromatic nitrogens is 5. The molecule has 0 atom stereocenters. The predicted molar refractivity (Wildman–Crippen MR) is 95.2 cm³/mol. The second-order valence-corrected chi connectivity index (χ2v) is 6.07. The van der Waals surface area contributed by atoms with E-state index in [1.54, 1.807) is 42.3 Å². The van der Waals surface area contributed by atoms with Crippen molar-refractivity contribution in [3.8, 4) is 29.2 Å². The zero-order chi connectivity index (χ0) is 18.7. The van der Waals surface area contributed by atoms with Crippen molar-refractivity contribution in [2.75, 3.05) is 0 Å². The minimum absolute atomic E-state index is 0.176. The van der Waals surface area contributed by atoms with Crippen LogP contribution in [0, 0.1) is 11.3 Å². The topological polar surface area (TPSA) is 116 Å². The van der Waals surface area contributed by atoms with Gasteiger partial charge in [0.1, 0.15) is 5.75 Å². The Balaban J connectivity index is 2.03. The standard InChI is InChI=1S/C18H19N7O/c1-11(2)16-23-18(25(3)24-16)26-15-6-12(7-19)4-5-14(15)17-21-9-13(8-20)10-22-17/h4-6,9-11H,8,20H2,1-3H3. The van der Waals surface area contributed by atoms with Crippen molar-refractivity contribution in [2.24, 2.45) is 12.8 Å². The summed E-state index contributed by atoms with van der Waals surface area (Å²) < 4.78 is 7.52. The van der Waals surface area contributed by atoms with Crippen LogP contribution in [0.15, 0.2) is 30.6 Å². The van der Waals surface area contributed by atoms with Crippen LogP contribution in [-0.2, 0) is 13.6 Å². The van der Waals surface area contributed by atoms with E-state index in [0.29, 0.717) is 41.1 Å². The Labute approximate surface area is 151 Å². The molecule has 2 heterocycles. The molecule has 8 heteroatoms. The minimum atomic E-state index is 0.176. The number of benzene rings is 1. The maximum Gasteiger partial charge on any atom is 0.320 e. The van der Waals surface area contributed by atoms with Crippen LogP contribution in [0.2, 0.25) is 0 Å². The lowest BCUT2D eigenvalue weighted by Gasteiger charge is -2.10. The second kappa shape index (κ2) is 7.29. The first kappa shape index (κ1) is 17.5. The summed E-state index contributed by atoms with van der Waals surface area (Å²) in [6, 6.07) is 7.53. The fourth-order valence-corrected chi connectivity index (χ4v) is 2.28. The zero-order valence-electron chi connectivity index (χ0n) is 14.8. The molecule has 8 nitrogen and oxygen atoms in total. The van der Waals surface area contributed by atoms with Crippen molar-refractivity contribution < 1.29 is 4.74 Å². The second-order valence-electron chi connectivity index (χ2n) is 6.07. The molecule has 2 N–H and O–H groups in total. The number of hydrogen-bond donors (Lipinski definition) is 1. The molecule has 0 amide bonds. The first-order chi connectivity index (χ1) is 12.5. The van der Waals surface area contributed by atoms with E-state index in [1.165, 1.54) is 0 Å². The van der Waals surface area contributed by atoms with Gasteiger partial charge in [-0.05, 0) is 18.2 Å². The monoisotopic (exact) mass is 349 g/mol. The molecule has 26 heavy (non-hydrogen) atoms. The van der Waals surface area contributed by atoms with Crippen LogP contribution in [0.5, 0.6) is 11.8 Å². The molecular formula is C18H19N7O. The molecular weight excluding hydrogens is 330 g/mol. The van der Waals surface area contributed by atoms with Crippen molar-refractivity contribution >= 4 is 0 Å². The first-order valence-electron chi connectivity index (χ1n) is 8.16. The number of ether oxygens (including phenoxy) is 1. The normalized spacial score (nSPS) is 10.8. The molecule has 0 radical (unpaired) electrons. The van der Waals surface area contributed by atoms with Crippen molar-refractivity contribution in [3.63, 3.8) is 0 Å². The molecule has 3 aromatic rings. The average molecular weight is 349 g/mol. The van der Waals surface area contributed by atoms with Crippen molar-refractivity contribution in [2.45, 2.75) is 26.3 Å². The molecule has 0 aliphatic rings. The summed E-state index contributed by atoms with van der Waals surface area (Å²) in [6.07, 6.45) is 3.34. The number of hydrogen-bond acceptors (Lipinski definition) is 7. The van der Waals surface area contributed by atoms with Crippen LogP contribution < -0.4 is 10.5 Å². The molecule has 0 saturated carbocycles. The highest BCUT2D eigenvalue weighted by Crippen LogP contribution is 2.32. The summed E-state index contributed by atoms with van der Waals surface area (Å²) in [4.78, 5) is 13.1. The molecule has 0 fully saturated rings. The third-order valence-corrected chi connectivity index (χ3v) is 3.75. The van der Waals surface area contributed by atoms with E-state index in [2.05, 4.69) is 26.1 Å². The van der Waals surface area contributed by atoms with Gasteiger partial charge in [-0.1, -0.05) is 13.8 Å². The van der Waals surface area contributed by atoms with Crippen molar-refractivity contribution in [1.82, 2.24) is 24.7 Å². The molecule has 0 aliphatic heterocycles.